The molecule has 2 N–H and O–H groups in total. The maximum absolute atomic E-state index is 12.6. The van der Waals surface area contributed by atoms with Gasteiger partial charge in [0.25, 0.3) is 0 Å². The highest BCUT2D eigenvalue weighted by Gasteiger charge is 2.43. The first kappa shape index (κ1) is 14.6. The SMILES string of the molecule is NC1CCCN(C(=O)C2CCC(C(F)(F)F)CC2)C1. The summed E-state index contributed by atoms with van der Waals surface area (Å²) in [6.45, 7) is 1.25. The van der Waals surface area contributed by atoms with E-state index in [0.29, 0.717) is 25.9 Å². The number of carbonyl (C=O) groups is 1. The second-order valence-corrected chi connectivity index (χ2v) is 5.78. The molecule has 1 saturated heterocycles. The molecule has 2 rings (SSSR count). The van der Waals surface area contributed by atoms with E-state index >= 15 is 0 Å². The monoisotopic (exact) mass is 278 g/mol. The van der Waals surface area contributed by atoms with Crippen LogP contribution in [0.1, 0.15) is 38.5 Å². The number of halogens is 3. The molecule has 3 nitrogen and oxygen atoms in total. The topological polar surface area (TPSA) is 46.3 Å². The Morgan fingerprint density at radius 3 is 2.26 bits per heavy atom. The van der Waals surface area contributed by atoms with Crippen LogP contribution in [0.25, 0.3) is 0 Å². The van der Waals surface area contributed by atoms with Crippen molar-refractivity contribution in [2.45, 2.75) is 50.7 Å². The molecular weight excluding hydrogens is 257 g/mol. The molecule has 1 heterocycles. The lowest BCUT2D eigenvalue weighted by atomic mass is 9.81. The Kier molecular flexibility index (Phi) is 4.38. The van der Waals surface area contributed by atoms with E-state index in [2.05, 4.69) is 0 Å². The molecule has 1 aliphatic heterocycles. The Labute approximate surface area is 111 Å². The third-order valence-electron chi connectivity index (χ3n) is 4.31. The number of nitrogens with two attached hydrogens (primary N) is 1. The number of likely N-dealkylation sites (tertiary alicyclic amines) is 1. The summed E-state index contributed by atoms with van der Waals surface area (Å²) in [4.78, 5) is 14.0. The summed E-state index contributed by atoms with van der Waals surface area (Å²) in [5.41, 5.74) is 5.83. The normalized spacial score (nSPS) is 33.3. The van der Waals surface area contributed by atoms with Gasteiger partial charge in [0.05, 0.1) is 5.92 Å². The second kappa shape index (κ2) is 5.69. The Balaban J connectivity index is 1.85. The fourth-order valence-electron chi connectivity index (χ4n) is 3.14. The minimum Gasteiger partial charge on any atom is -0.341 e. The summed E-state index contributed by atoms with van der Waals surface area (Å²) in [6, 6.07) is 0.0178. The highest BCUT2D eigenvalue weighted by atomic mass is 19.4. The predicted octanol–water partition coefficient (Wildman–Crippen LogP) is 2.30. The van der Waals surface area contributed by atoms with Gasteiger partial charge in [-0.3, -0.25) is 4.79 Å². The van der Waals surface area contributed by atoms with Crippen LogP contribution < -0.4 is 5.73 Å². The number of hydrogen-bond acceptors (Lipinski definition) is 2. The van der Waals surface area contributed by atoms with E-state index in [-0.39, 0.29) is 30.7 Å². The lowest BCUT2D eigenvalue weighted by molar-refractivity contribution is -0.185. The van der Waals surface area contributed by atoms with Gasteiger partial charge in [-0.15, -0.1) is 0 Å². The van der Waals surface area contributed by atoms with Crippen LogP contribution in [-0.2, 0) is 4.79 Å². The van der Waals surface area contributed by atoms with E-state index in [1.54, 1.807) is 4.90 Å². The molecule has 6 heteroatoms. The zero-order chi connectivity index (χ0) is 14.0. The van der Waals surface area contributed by atoms with Crippen LogP contribution in [0.5, 0.6) is 0 Å². The van der Waals surface area contributed by atoms with Crippen molar-refractivity contribution in [3.8, 4) is 0 Å². The van der Waals surface area contributed by atoms with Crippen molar-refractivity contribution in [1.82, 2.24) is 4.90 Å². The average Bonchev–Trinajstić information content (AvgIpc) is 2.37. The van der Waals surface area contributed by atoms with Gasteiger partial charge in [0.15, 0.2) is 0 Å². The van der Waals surface area contributed by atoms with E-state index < -0.39 is 12.1 Å². The number of piperidine rings is 1. The van der Waals surface area contributed by atoms with Crippen LogP contribution in [0.15, 0.2) is 0 Å². The first-order chi connectivity index (χ1) is 8.88. The van der Waals surface area contributed by atoms with Crippen molar-refractivity contribution in [3.05, 3.63) is 0 Å². The van der Waals surface area contributed by atoms with Gasteiger partial charge in [-0.25, -0.2) is 0 Å². The van der Waals surface area contributed by atoms with Crippen LogP contribution in [-0.4, -0.2) is 36.1 Å². The summed E-state index contributed by atoms with van der Waals surface area (Å²) >= 11 is 0. The number of hydrogen-bond donors (Lipinski definition) is 1. The first-order valence-electron chi connectivity index (χ1n) is 6.99. The van der Waals surface area contributed by atoms with Crippen LogP contribution in [0.4, 0.5) is 13.2 Å². The summed E-state index contributed by atoms with van der Waals surface area (Å²) in [5.74, 6) is -1.44. The molecule has 1 unspecified atom stereocenters. The number of amides is 1. The molecule has 2 aliphatic rings. The maximum atomic E-state index is 12.6. The predicted molar refractivity (Wildman–Crippen MR) is 65.3 cm³/mol. The number of carbonyl (C=O) groups excluding carboxylic acids is 1. The summed E-state index contributed by atoms with van der Waals surface area (Å²) in [6.07, 6.45) is -1.42. The van der Waals surface area contributed by atoms with E-state index in [9.17, 15) is 18.0 Å². The smallest absolute Gasteiger partial charge is 0.341 e. The van der Waals surface area contributed by atoms with Crippen LogP contribution in [0, 0.1) is 11.8 Å². The van der Waals surface area contributed by atoms with Gasteiger partial charge >= 0.3 is 6.18 Å². The van der Waals surface area contributed by atoms with Crippen molar-refractivity contribution in [2.75, 3.05) is 13.1 Å². The highest BCUT2D eigenvalue weighted by Crippen LogP contribution is 2.40. The number of rotatable bonds is 1. The molecule has 19 heavy (non-hydrogen) atoms. The van der Waals surface area contributed by atoms with Gasteiger partial charge in [0, 0.05) is 25.0 Å². The van der Waals surface area contributed by atoms with Gasteiger partial charge in [0.1, 0.15) is 0 Å². The molecule has 110 valence electrons. The third-order valence-corrected chi connectivity index (χ3v) is 4.31. The molecule has 0 aromatic rings. The van der Waals surface area contributed by atoms with Gasteiger partial charge in [-0.2, -0.15) is 13.2 Å². The fraction of sp³-hybridized carbons (Fsp3) is 0.923. The number of nitrogens with zero attached hydrogens (tertiary/aromatic N) is 1. The summed E-state index contributed by atoms with van der Waals surface area (Å²) in [5, 5.41) is 0. The molecule has 0 aromatic heterocycles. The van der Waals surface area contributed by atoms with E-state index in [4.69, 9.17) is 5.73 Å². The Hall–Kier alpha value is -0.780. The van der Waals surface area contributed by atoms with Gasteiger partial charge in [0.2, 0.25) is 5.91 Å². The molecule has 1 amide bonds. The zero-order valence-corrected chi connectivity index (χ0v) is 11.0. The van der Waals surface area contributed by atoms with E-state index in [1.807, 2.05) is 0 Å². The lowest BCUT2D eigenvalue weighted by Gasteiger charge is -2.36. The quantitative estimate of drug-likeness (QED) is 0.800. The van der Waals surface area contributed by atoms with Crippen molar-refractivity contribution in [2.24, 2.45) is 17.6 Å². The van der Waals surface area contributed by atoms with Crippen LogP contribution >= 0.6 is 0 Å². The molecule has 0 radical (unpaired) electrons. The summed E-state index contributed by atoms with van der Waals surface area (Å²) < 4.78 is 37.7. The van der Waals surface area contributed by atoms with Crippen molar-refractivity contribution >= 4 is 5.91 Å². The third kappa shape index (κ3) is 3.61. The minimum absolute atomic E-state index is 0.00998. The van der Waals surface area contributed by atoms with Crippen LogP contribution in [0.3, 0.4) is 0 Å². The van der Waals surface area contributed by atoms with Gasteiger partial charge in [-0.05, 0) is 38.5 Å². The molecule has 2 fully saturated rings. The Bertz CT molecular complexity index is 324. The van der Waals surface area contributed by atoms with Gasteiger partial charge in [-0.1, -0.05) is 0 Å². The maximum Gasteiger partial charge on any atom is 0.391 e. The average molecular weight is 278 g/mol. The van der Waals surface area contributed by atoms with E-state index in [0.717, 1.165) is 12.8 Å². The van der Waals surface area contributed by atoms with Gasteiger partial charge < -0.3 is 10.6 Å². The fourth-order valence-corrected chi connectivity index (χ4v) is 3.14. The lowest BCUT2D eigenvalue weighted by Crippen LogP contribution is -2.48. The minimum atomic E-state index is -4.11. The number of alkyl halides is 3. The second-order valence-electron chi connectivity index (χ2n) is 5.78. The zero-order valence-electron chi connectivity index (χ0n) is 11.0. The largest absolute Gasteiger partial charge is 0.391 e. The van der Waals surface area contributed by atoms with Crippen molar-refractivity contribution in [3.63, 3.8) is 0 Å². The Morgan fingerprint density at radius 1 is 1.11 bits per heavy atom. The standard InChI is InChI=1S/C13H21F3N2O/c14-13(15,16)10-5-3-9(4-6-10)12(19)18-7-1-2-11(17)8-18/h9-11H,1-8,17H2. The van der Waals surface area contributed by atoms with Crippen molar-refractivity contribution in [1.29, 1.82) is 0 Å². The highest BCUT2D eigenvalue weighted by molar-refractivity contribution is 5.79. The molecule has 1 atom stereocenters. The van der Waals surface area contributed by atoms with Crippen molar-refractivity contribution < 1.29 is 18.0 Å². The molecule has 0 aromatic carbocycles. The molecule has 1 aliphatic carbocycles. The molecular formula is C13H21F3N2O. The Morgan fingerprint density at radius 2 is 1.74 bits per heavy atom. The molecule has 0 bridgehead atoms. The van der Waals surface area contributed by atoms with Crippen LogP contribution in [0.2, 0.25) is 0 Å². The molecule has 1 saturated carbocycles. The first-order valence-corrected chi connectivity index (χ1v) is 6.99. The van der Waals surface area contributed by atoms with E-state index in [1.165, 1.54) is 0 Å². The summed E-state index contributed by atoms with van der Waals surface area (Å²) in [7, 11) is 0. The molecule has 0 spiro atoms.